The Hall–Kier alpha value is -4.99. The molecular formula is C29H29FN6O5. The maximum Gasteiger partial charge on any atom is 0.331 e. The number of nitrogens with one attached hydrogen (secondary N) is 1. The zero-order valence-corrected chi connectivity index (χ0v) is 22.3. The van der Waals surface area contributed by atoms with Crippen molar-refractivity contribution < 1.29 is 18.7 Å². The van der Waals surface area contributed by atoms with Gasteiger partial charge in [-0.05, 0) is 12.1 Å². The Morgan fingerprint density at radius 1 is 1.17 bits per heavy atom. The number of anilines is 2. The summed E-state index contributed by atoms with van der Waals surface area (Å²) >= 11 is 0. The Bertz CT molecular complexity index is 1650. The summed E-state index contributed by atoms with van der Waals surface area (Å²) in [5.74, 6) is 4.63. The van der Waals surface area contributed by atoms with Gasteiger partial charge in [-0.15, -0.1) is 13.2 Å². The lowest BCUT2D eigenvalue weighted by Crippen LogP contribution is -2.42. The Morgan fingerprint density at radius 2 is 1.93 bits per heavy atom. The van der Waals surface area contributed by atoms with Gasteiger partial charge in [0, 0.05) is 56.4 Å². The van der Waals surface area contributed by atoms with Gasteiger partial charge in [0.15, 0.2) is 11.6 Å². The van der Waals surface area contributed by atoms with Crippen molar-refractivity contribution in [2.75, 3.05) is 43.9 Å². The highest BCUT2D eigenvalue weighted by molar-refractivity contribution is 6.03. The molecule has 212 valence electrons. The molecule has 0 spiro atoms. The predicted octanol–water partition coefficient (Wildman–Crippen LogP) is 2.23. The number of carbonyl (C=O) groups excluding carboxylic acids is 1. The van der Waals surface area contributed by atoms with Gasteiger partial charge in [0.2, 0.25) is 0 Å². The van der Waals surface area contributed by atoms with Crippen LogP contribution in [0.1, 0.15) is 15.9 Å². The second-order valence-corrected chi connectivity index (χ2v) is 8.93. The topological polar surface area (TPSA) is 134 Å². The van der Waals surface area contributed by atoms with Crippen LogP contribution in [0, 0.1) is 17.7 Å². The molecule has 11 nitrogen and oxygen atoms in total. The minimum atomic E-state index is -0.821. The van der Waals surface area contributed by atoms with Crippen molar-refractivity contribution in [1.29, 1.82) is 0 Å². The van der Waals surface area contributed by atoms with E-state index >= 15 is 4.39 Å². The number of pyridine rings is 1. The Morgan fingerprint density at radius 3 is 2.63 bits per heavy atom. The highest BCUT2D eigenvalue weighted by Crippen LogP contribution is 2.30. The molecule has 0 saturated carbocycles. The van der Waals surface area contributed by atoms with Crippen LogP contribution in [0.4, 0.5) is 15.9 Å². The van der Waals surface area contributed by atoms with Gasteiger partial charge in [0.1, 0.15) is 22.7 Å². The van der Waals surface area contributed by atoms with Crippen LogP contribution in [0.3, 0.4) is 0 Å². The summed E-state index contributed by atoms with van der Waals surface area (Å²) in [6, 6.07) is 5.30. The zero-order chi connectivity index (χ0) is 29.4. The Balaban J connectivity index is 1.53. The van der Waals surface area contributed by atoms with Gasteiger partial charge in [-0.3, -0.25) is 23.6 Å². The third-order valence-corrected chi connectivity index (χ3v) is 6.09. The molecule has 0 radical (unpaired) electrons. The number of nitrogens with zero attached hydrogens (tertiary/aromatic N) is 4. The first kappa shape index (κ1) is 29.0. The summed E-state index contributed by atoms with van der Waals surface area (Å²) in [4.78, 5) is 44.5. The highest BCUT2D eigenvalue weighted by Gasteiger charge is 2.18. The lowest BCUT2D eigenvalue weighted by atomic mass is 10.2. The van der Waals surface area contributed by atoms with Gasteiger partial charge >= 0.3 is 5.69 Å². The van der Waals surface area contributed by atoms with Crippen LogP contribution < -0.4 is 27.0 Å². The van der Waals surface area contributed by atoms with E-state index < -0.39 is 23.0 Å². The standard InChI is InChI=1S/C29H29FN6O5/c1-3-11-35-19-22(28(38)36(12-4-2)29(35)39)27(37)33-20-7-8-25(23(30)18-20)41-24-9-10-32-26(31)21(24)6-5-13-34-14-16-40-17-15-34/h3-4,7-10,18-19H,1-2,11-17H2,(H2,31,32)(H,33,37). The first-order valence-electron chi connectivity index (χ1n) is 12.7. The number of morpholine rings is 1. The number of aromatic nitrogens is 3. The van der Waals surface area contributed by atoms with E-state index in [1.807, 2.05) is 0 Å². The molecule has 3 heterocycles. The van der Waals surface area contributed by atoms with Crippen molar-refractivity contribution in [2.24, 2.45) is 0 Å². The summed E-state index contributed by atoms with van der Waals surface area (Å²) in [5.41, 5.74) is 4.69. The molecule has 3 N–H and O–H groups in total. The molecule has 1 saturated heterocycles. The molecule has 0 bridgehead atoms. The highest BCUT2D eigenvalue weighted by atomic mass is 19.1. The number of nitrogen functional groups attached to an aromatic ring is 1. The van der Waals surface area contributed by atoms with Crippen molar-refractivity contribution in [3.05, 3.63) is 99.8 Å². The number of rotatable bonds is 9. The SMILES string of the molecule is C=CCn1cc(C(=O)Nc2ccc(Oc3ccnc(N)c3C#CCN3CCOCC3)c(F)c2)c(=O)n(CC=C)c1=O. The van der Waals surface area contributed by atoms with Crippen LogP contribution in [0.2, 0.25) is 0 Å². The lowest BCUT2D eigenvalue weighted by molar-refractivity contribution is 0.0443. The summed E-state index contributed by atoms with van der Waals surface area (Å²) in [5, 5.41) is 2.49. The van der Waals surface area contributed by atoms with E-state index in [1.165, 1.54) is 41.1 Å². The molecule has 41 heavy (non-hydrogen) atoms. The number of allylic oxidation sites excluding steroid dienone is 2. The summed E-state index contributed by atoms with van der Waals surface area (Å²) in [6.45, 7) is 10.5. The minimum absolute atomic E-state index is 0.0655. The maximum atomic E-state index is 15.1. The fourth-order valence-electron chi connectivity index (χ4n) is 4.02. The van der Waals surface area contributed by atoms with Gasteiger partial charge in [0.05, 0.1) is 19.8 Å². The number of carbonyl (C=O) groups is 1. The van der Waals surface area contributed by atoms with Crippen molar-refractivity contribution in [3.8, 4) is 23.3 Å². The first-order valence-corrected chi connectivity index (χ1v) is 12.7. The molecule has 2 aromatic heterocycles. The number of ether oxygens (including phenoxy) is 2. The van der Waals surface area contributed by atoms with Crippen LogP contribution in [-0.4, -0.2) is 57.8 Å². The van der Waals surface area contributed by atoms with E-state index in [4.69, 9.17) is 15.2 Å². The van der Waals surface area contributed by atoms with Crippen LogP contribution >= 0.6 is 0 Å². The van der Waals surface area contributed by atoms with Gasteiger partial charge in [0.25, 0.3) is 11.5 Å². The quantitative estimate of drug-likeness (QED) is 0.301. The Labute approximate surface area is 235 Å². The predicted molar refractivity (Wildman–Crippen MR) is 153 cm³/mol. The number of hydrogen-bond acceptors (Lipinski definition) is 8. The van der Waals surface area contributed by atoms with Gasteiger partial charge in [-0.25, -0.2) is 14.2 Å². The van der Waals surface area contributed by atoms with Crippen LogP contribution in [-0.2, 0) is 17.8 Å². The van der Waals surface area contributed by atoms with E-state index in [9.17, 15) is 14.4 Å². The van der Waals surface area contributed by atoms with E-state index in [-0.39, 0.29) is 41.7 Å². The molecule has 1 fully saturated rings. The smallest absolute Gasteiger partial charge is 0.331 e. The van der Waals surface area contributed by atoms with Crippen LogP contribution in [0.25, 0.3) is 0 Å². The van der Waals surface area contributed by atoms with Crippen molar-refractivity contribution in [3.63, 3.8) is 0 Å². The molecule has 1 amide bonds. The van der Waals surface area contributed by atoms with Crippen LogP contribution in [0.15, 0.2) is 71.6 Å². The molecule has 1 aromatic carbocycles. The van der Waals surface area contributed by atoms with E-state index in [2.05, 4.69) is 40.2 Å². The largest absolute Gasteiger partial charge is 0.453 e. The molecular weight excluding hydrogens is 531 g/mol. The van der Waals surface area contributed by atoms with Crippen molar-refractivity contribution in [2.45, 2.75) is 13.1 Å². The fraction of sp³-hybridized carbons (Fsp3) is 0.241. The number of benzene rings is 1. The van der Waals surface area contributed by atoms with Crippen LogP contribution in [0.5, 0.6) is 11.5 Å². The average molecular weight is 561 g/mol. The van der Waals surface area contributed by atoms with Crippen molar-refractivity contribution in [1.82, 2.24) is 19.0 Å². The normalized spacial score (nSPS) is 13.1. The molecule has 12 heteroatoms. The average Bonchev–Trinajstić information content (AvgIpc) is 2.96. The van der Waals surface area contributed by atoms with Crippen molar-refractivity contribution >= 4 is 17.4 Å². The molecule has 1 aliphatic rings. The molecule has 3 aromatic rings. The van der Waals surface area contributed by atoms with Gasteiger partial charge in [-0.2, -0.15) is 0 Å². The number of nitrogens with two attached hydrogens (primary N) is 1. The monoisotopic (exact) mass is 560 g/mol. The van der Waals surface area contributed by atoms with E-state index in [1.54, 1.807) is 0 Å². The van der Waals surface area contributed by atoms with Gasteiger partial charge < -0.3 is 20.5 Å². The number of halogens is 1. The minimum Gasteiger partial charge on any atom is -0.453 e. The Kier molecular flexibility index (Phi) is 9.47. The molecule has 1 aliphatic heterocycles. The zero-order valence-electron chi connectivity index (χ0n) is 22.3. The maximum absolute atomic E-state index is 15.1. The summed E-state index contributed by atoms with van der Waals surface area (Å²) in [6.07, 6.45) is 5.39. The number of amides is 1. The lowest BCUT2D eigenvalue weighted by Gasteiger charge is -2.24. The van der Waals surface area contributed by atoms with E-state index in [0.717, 1.165) is 29.9 Å². The van der Waals surface area contributed by atoms with Gasteiger partial charge in [-0.1, -0.05) is 24.0 Å². The molecule has 0 unspecified atom stereocenters. The molecule has 0 aliphatic carbocycles. The molecule has 4 rings (SSSR count). The second kappa shape index (κ2) is 13.4. The number of hydrogen-bond donors (Lipinski definition) is 2. The summed E-state index contributed by atoms with van der Waals surface area (Å²) < 4.78 is 28.2. The summed E-state index contributed by atoms with van der Waals surface area (Å²) in [7, 11) is 0. The second-order valence-electron chi connectivity index (χ2n) is 8.93. The van der Waals surface area contributed by atoms with E-state index in [0.29, 0.717) is 25.3 Å². The first-order chi connectivity index (χ1) is 19.8. The third kappa shape index (κ3) is 6.96. The molecule has 0 atom stereocenters. The fourth-order valence-corrected chi connectivity index (χ4v) is 4.02. The third-order valence-electron chi connectivity index (χ3n) is 6.09.